The molecule has 0 bridgehead atoms. The van der Waals surface area contributed by atoms with Gasteiger partial charge in [0.1, 0.15) is 0 Å². The van der Waals surface area contributed by atoms with Crippen molar-refractivity contribution in [3.05, 3.63) is 101 Å². The zero-order chi connectivity index (χ0) is 22.0. The molecule has 0 aliphatic heterocycles. The predicted octanol–water partition coefficient (Wildman–Crippen LogP) is 6.16. The largest absolute Gasteiger partial charge is 0.284 e. The van der Waals surface area contributed by atoms with E-state index in [4.69, 9.17) is 0 Å². The van der Waals surface area contributed by atoms with Crippen molar-refractivity contribution in [1.82, 2.24) is 0 Å². The average Bonchev–Trinajstić information content (AvgIpc) is 2.88. The summed E-state index contributed by atoms with van der Waals surface area (Å²) in [6.45, 7) is 4.46. The van der Waals surface area contributed by atoms with E-state index < -0.39 is 10.0 Å². The summed E-state index contributed by atoms with van der Waals surface area (Å²) in [4.78, 5) is 0. The van der Waals surface area contributed by atoms with E-state index in [9.17, 15) is 8.42 Å². The zero-order valence-electron chi connectivity index (χ0n) is 18.4. The van der Waals surface area contributed by atoms with E-state index in [0.717, 1.165) is 24.8 Å². The normalized spacial score (nSPS) is 13.4. The molecule has 1 aliphatic rings. The minimum absolute atomic E-state index is 0.455. The first-order valence-electron chi connectivity index (χ1n) is 10.8. The van der Waals surface area contributed by atoms with Crippen LogP contribution in [0.3, 0.4) is 0 Å². The van der Waals surface area contributed by atoms with Gasteiger partial charge in [0, 0.05) is 5.69 Å². The molecule has 0 aromatic heterocycles. The maximum absolute atomic E-state index is 11.8. The third-order valence-electron chi connectivity index (χ3n) is 5.67. The summed E-state index contributed by atoms with van der Waals surface area (Å²) in [7, 11) is -3.34. The SMILES string of the molecule is CC(C)CC(=C1c2ccccc2CCc2ccccc21)c1cccc(NS(C)(=O)=O)c1. The smallest absolute Gasteiger partial charge is 0.229 e. The minimum atomic E-state index is -3.34. The van der Waals surface area contributed by atoms with Gasteiger partial charge in [0.25, 0.3) is 0 Å². The van der Waals surface area contributed by atoms with Crippen molar-refractivity contribution in [3.8, 4) is 0 Å². The van der Waals surface area contributed by atoms with Crippen molar-refractivity contribution in [2.45, 2.75) is 33.1 Å². The van der Waals surface area contributed by atoms with Crippen molar-refractivity contribution in [3.63, 3.8) is 0 Å². The predicted molar refractivity (Wildman–Crippen MR) is 131 cm³/mol. The molecule has 3 nitrogen and oxygen atoms in total. The topological polar surface area (TPSA) is 46.2 Å². The molecule has 1 N–H and O–H groups in total. The molecular formula is C27H29NO2S. The van der Waals surface area contributed by atoms with E-state index in [1.54, 1.807) is 6.07 Å². The number of benzene rings is 3. The number of aryl methyl sites for hydroxylation is 2. The van der Waals surface area contributed by atoms with Crippen LogP contribution in [-0.2, 0) is 22.9 Å². The fourth-order valence-electron chi connectivity index (χ4n) is 4.46. The van der Waals surface area contributed by atoms with Gasteiger partial charge < -0.3 is 0 Å². The van der Waals surface area contributed by atoms with Crippen LogP contribution >= 0.6 is 0 Å². The van der Waals surface area contributed by atoms with Gasteiger partial charge >= 0.3 is 0 Å². The molecule has 0 saturated carbocycles. The second-order valence-electron chi connectivity index (χ2n) is 8.72. The van der Waals surface area contributed by atoms with Crippen molar-refractivity contribution in [2.24, 2.45) is 5.92 Å². The van der Waals surface area contributed by atoms with Crippen LogP contribution in [0.2, 0.25) is 0 Å². The molecule has 0 unspecified atom stereocenters. The maximum Gasteiger partial charge on any atom is 0.229 e. The number of anilines is 1. The Labute approximate surface area is 185 Å². The summed E-state index contributed by atoms with van der Waals surface area (Å²) in [6.07, 6.45) is 4.12. The van der Waals surface area contributed by atoms with Crippen LogP contribution < -0.4 is 4.72 Å². The number of fused-ring (bicyclic) bond motifs is 2. The molecule has 3 aromatic carbocycles. The van der Waals surface area contributed by atoms with Gasteiger partial charge in [-0.25, -0.2) is 8.42 Å². The molecule has 31 heavy (non-hydrogen) atoms. The highest BCUT2D eigenvalue weighted by Crippen LogP contribution is 2.41. The number of rotatable bonds is 5. The molecule has 0 amide bonds. The maximum atomic E-state index is 11.8. The molecule has 0 heterocycles. The summed E-state index contributed by atoms with van der Waals surface area (Å²) in [5, 5.41) is 0. The highest BCUT2D eigenvalue weighted by Gasteiger charge is 2.22. The Hall–Kier alpha value is -2.85. The number of allylic oxidation sites excluding steroid dienone is 1. The lowest BCUT2D eigenvalue weighted by atomic mass is 9.84. The Morgan fingerprint density at radius 1 is 0.871 bits per heavy atom. The lowest BCUT2D eigenvalue weighted by molar-refractivity contribution is 0.607. The Morgan fingerprint density at radius 3 is 2.00 bits per heavy atom. The first-order chi connectivity index (χ1) is 14.8. The molecule has 160 valence electrons. The average molecular weight is 432 g/mol. The lowest BCUT2D eigenvalue weighted by Crippen LogP contribution is -2.09. The number of sulfonamides is 1. The summed E-state index contributed by atoms with van der Waals surface area (Å²) in [5.74, 6) is 0.455. The third-order valence-corrected chi connectivity index (χ3v) is 6.27. The molecule has 4 rings (SSSR count). The highest BCUT2D eigenvalue weighted by atomic mass is 32.2. The molecule has 0 spiro atoms. The lowest BCUT2D eigenvalue weighted by Gasteiger charge is -2.21. The highest BCUT2D eigenvalue weighted by molar-refractivity contribution is 7.92. The van der Waals surface area contributed by atoms with Crippen LogP contribution in [0.1, 0.15) is 48.1 Å². The number of hydrogen-bond donors (Lipinski definition) is 1. The quantitative estimate of drug-likeness (QED) is 0.526. The van der Waals surface area contributed by atoms with E-state index in [-0.39, 0.29) is 0 Å². The van der Waals surface area contributed by atoms with Gasteiger partial charge in [-0.1, -0.05) is 74.5 Å². The van der Waals surface area contributed by atoms with Gasteiger partial charge in [-0.2, -0.15) is 0 Å². The van der Waals surface area contributed by atoms with Crippen molar-refractivity contribution >= 4 is 26.9 Å². The van der Waals surface area contributed by atoms with Crippen LogP contribution in [0.25, 0.3) is 11.1 Å². The fraction of sp³-hybridized carbons (Fsp3) is 0.259. The first kappa shape index (κ1) is 21.4. The summed E-state index contributed by atoms with van der Waals surface area (Å²) in [6, 6.07) is 25.2. The molecule has 0 fully saturated rings. The van der Waals surface area contributed by atoms with Gasteiger partial charge in [-0.3, -0.25) is 4.72 Å². The van der Waals surface area contributed by atoms with E-state index >= 15 is 0 Å². The van der Waals surface area contributed by atoms with Gasteiger partial charge in [0.05, 0.1) is 6.26 Å². The van der Waals surface area contributed by atoms with E-state index in [0.29, 0.717) is 11.6 Å². The summed E-state index contributed by atoms with van der Waals surface area (Å²) < 4.78 is 26.3. The van der Waals surface area contributed by atoms with E-state index in [2.05, 4.69) is 73.2 Å². The Bertz CT molecular complexity index is 1190. The molecule has 0 atom stereocenters. The minimum Gasteiger partial charge on any atom is -0.284 e. The van der Waals surface area contributed by atoms with Crippen LogP contribution in [0.4, 0.5) is 5.69 Å². The van der Waals surface area contributed by atoms with Crippen molar-refractivity contribution in [1.29, 1.82) is 0 Å². The van der Waals surface area contributed by atoms with Crippen molar-refractivity contribution < 1.29 is 8.42 Å². The van der Waals surface area contributed by atoms with Gasteiger partial charge in [0.2, 0.25) is 10.0 Å². The number of hydrogen-bond acceptors (Lipinski definition) is 2. The summed E-state index contributed by atoms with van der Waals surface area (Å²) >= 11 is 0. The molecule has 0 saturated heterocycles. The molecule has 4 heteroatoms. The third kappa shape index (κ3) is 4.91. The first-order valence-corrected chi connectivity index (χ1v) is 12.7. The molecule has 3 aromatic rings. The standard InChI is InChI=1S/C27H29NO2S/c1-19(2)17-26(22-11-8-12-23(18-22)28-31(3,29)30)27-24-13-6-4-9-20(24)15-16-21-10-5-7-14-25(21)27/h4-14,18-19,28H,15-17H2,1-3H3. The van der Waals surface area contributed by atoms with Crippen LogP contribution in [0.5, 0.6) is 0 Å². The molecule has 0 radical (unpaired) electrons. The fourth-order valence-corrected chi connectivity index (χ4v) is 5.02. The molecular weight excluding hydrogens is 402 g/mol. The van der Waals surface area contributed by atoms with Gasteiger partial charge in [-0.15, -0.1) is 0 Å². The van der Waals surface area contributed by atoms with E-state index in [1.165, 1.54) is 39.7 Å². The Kier molecular flexibility index (Phi) is 6.01. The Morgan fingerprint density at radius 2 is 1.45 bits per heavy atom. The number of nitrogens with one attached hydrogen (secondary N) is 1. The van der Waals surface area contributed by atoms with Gasteiger partial charge in [-0.05, 0) is 76.3 Å². The zero-order valence-corrected chi connectivity index (χ0v) is 19.2. The second-order valence-corrected chi connectivity index (χ2v) is 10.5. The monoisotopic (exact) mass is 431 g/mol. The van der Waals surface area contributed by atoms with Crippen molar-refractivity contribution in [2.75, 3.05) is 11.0 Å². The molecule has 1 aliphatic carbocycles. The Balaban J connectivity index is 2.02. The van der Waals surface area contributed by atoms with Crippen LogP contribution in [0, 0.1) is 5.92 Å². The van der Waals surface area contributed by atoms with Crippen LogP contribution in [0.15, 0.2) is 72.8 Å². The van der Waals surface area contributed by atoms with Gasteiger partial charge in [0.15, 0.2) is 0 Å². The van der Waals surface area contributed by atoms with Crippen LogP contribution in [-0.4, -0.2) is 14.7 Å². The second kappa shape index (κ2) is 8.72. The summed E-state index contributed by atoms with van der Waals surface area (Å²) in [5.41, 5.74) is 9.47. The van der Waals surface area contributed by atoms with E-state index in [1.807, 2.05) is 12.1 Å².